The lowest BCUT2D eigenvalue weighted by atomic mass is 10.2. The van der Waals surface area contributed by atoms with Crippen molar-refractivity contribution >= 4 is 39.3 Å². The summed E-state index contributed by atoms with van der Waals surface area (Å²) in [6.45, 7) is 2.08. The first-order valence-electron chi connectivity index (χ1n) is 3.98. The lowest BCUT2D eigenvalue weighted by molar-refractivity contribution is 0.790. The Labute approximate surface area is 90.1 Å². The van der Waals surface area contributed by atoms with Crippen molar-refractivity contribution in [3.05, 3.63) is 21.3 Å². The van der Waals surface area contributed by atoms with Crippen LogP contribution in [0.25, 0.3) is 10.9 Å². The van der Waals surface area contributed by atoms with Crippen LogP contribution >= 0.6 is 22.6 Å². The van der Waals surface area contributed by atoms with Crippen LogP contribution in [0.4, 0.5) is 5.82 Å². The van der Waals surface area contributed by atoms with Crippen LogP contribution in [0.1, 0.15) is 5.56 Å². The Morgan fingerprint density at radius 3 is 2.85 bits per heavy atom. The number of hydrogen-bond acceptors (Lipinski definition) is 2. The normalized spacial score (nSPS) is 11.0. The molecule has 13 heavy (non-hydrogen) atoms. The number of hydrogen-bond donors (Lipinski definition) is 1. The van der Waals surface area contributed by atoms with E-state index in [2.05, 4.69) is 40.7 Å². The molecule has 3 nitrogen and oxygen atoms in total. The summed E-state index contributed by atoms with van der Waals surface area (Å²) in [6, 6.07) is 4.09. The summed E-state index contributed by atoms with van der Waals surface area (Å²) in [6.07, 6.45) is 0. The predicted octanol–water partition coefficient (Wildman–Crippen LogP) is 2.07. The minimum atomic E-state index is 0.730. The number of aryl methyl sites for hydroxylation is 2. The SMILES string of the molecule is Cc1ccc2c(N)n(C)nc2c1I. The van der Waals surface area contributed by atoms with E-state index < -0.39 is 0 Å². The van der Waals surface area contributed by atoms with Crippen molar-refractivity contribution < 1.29 is 0 Å². The molecule has 1 aromatic carbocycles. The maximum atomic E-state index is 5.85. The van der Waals surface area contributed by atoms with Crippen LogP contribution in [-0.2, 0) is 7.05 Å². The van der Waals surface area contributed by atoms with Crippen molar-refractivity contribution in [2.75, 3.05) is 5.73 Å². The average Bonchev–Trinajstić information content (AvgIpc) is 2.38. The Bertz CT molecular complexity index is 473. The van der Waals surface area contributed by atoms with Gasteiger partial charge in [-0.3, -0.25) is 4.68 Å². The third-order valence-corrected chi connectivity index (χ3v) is 3.55. The molecule has 0 aliphatic rings. The van der Waals surface area contributed by atoms with E-state index in [1.807, 2.05) is 13.1 Å². The maximum Gasteiger partial charge on any atom is 0.129 e. The lowest BCUT2D eigenvalue weighted by Crippen LogP contribution is -1.96. The second-order valence-electron chi connectivity index (χ2n) is 3.10. The molecule has 0 fully saturated rings. The third-order valence-electron chi connectivity index (χ3n) is 2.18. The molecule has 0 saturated carbocycles. The molecule has 4 heteroatoms. The van der Waals surface area contributed by atoms with Gasteiger partial charge in [-0.05, 0) is 41.1 Å². The van der Waals surface area contributed by atoms with Gasteiger partial charge >= 0.3 is 0 Å². The summed E-state index contributed by atoms with van der Waals surface area (Å²) in [4.78, 5) is 0. The van der Waals surface area contributed by atoms with E-state index in [0.717, 1.165) is 16.7 Å². The summed E-state index contributed by atoms with van der Waals surface area (Å²) in [5, 5.41) is 5.40. The van der Waals surface area contributed by atoms with Crippen molar-refractivity contribution in [1.82, 2.24) is 9.78 Å². The molecule has 2 aromatic rings. The molecule has 0 amide bonds. The molecule has 0 bridgehead atoms. The van der Waals surface area contributed by atoms with E-state index in [9.17, 15) is 0 Å². The van der Waals surface area contributed by atoms with Crippen molar-refractivity contribution in [2.45, 2.75) is 6.92 Å². The highest BCUT2D eigenvalue weighted by molar-refractivity contribution is 14.1. The molecule has 0 aliphatic heterocycles. The van der Waals surface area contributed by atoms with Crippen LogP contribution in [0, 0.1) is 10.5 Å². The van der Waals surface area contributed by atoms with E-state index in [1.54, 1.807) is 4.68 Å². The molecular weight excluding hydrogens is 277 g/mol. The van der Waals surface area contributed by atoms with Crippen LogP contribution in [0.15, 0.2) is 12.1 Å². The number of nitrogens with two attached hydrogens (primary N) is 1. The van der Waals surface area contributed by atoms with E-state index in [0.29, 0.717) is 0 Å². The zero-order valence-electron chi connectivity index (χ0n) is 7.50. The van der Waals surface area contributed by atoms with Gasteiger partial charge in [0.2, 0.25) is 0 Å². The van der Waals surface area contributed by atoms with E-state index >= 15 is 0 Å². The fraction of sp³-hybridized carbons (Fsp3) is 0.222. The maximum absolute atomic E-state index is 5.85. The molecule has 2 rings (SSSR count). The van der Waals surface area contributed by atoms with E-state index in [1.165, 1.54) is 9.13 Å². The molecule has 0 spiro atoms. The second kappa shape index (κ2) is 2.87. The smallest absolute Gasteiger partial charge is 0.129 e. The molecule has 1 heterocycles. The fourth-order valence-corrected chi connectivity index (χ4v) is 1.93. The molecule has 0 aliphatic carbocycles. The number of halogens is 1. The summed E-state index contributed by atoms with van der Waals surface area (Å²) in [5.41, 5.74) is 8.10. The lowest BCUT2D eigenvalue weighted by Gasteiger charge is -1.97. The number of anilines is 1. The Morgan fingerprint density at radius 2 is 2.15 bits per heavy atom. The molecule has 2 N–H and O–H groups in total. The van der Waals surface area contributed by atoms with Crippen LogP contribution in [0.5, 0.6) is 0 Å². The van der Waals surface area contributed by atoms with Gasteiger partial charge in [0.1, 0.15) is 11.3 Å². The van der Waals surface area contributed by atoms with E-state index in [-0.39, 0.29) is 0 Å². The van der Waals surface area contributed by atoms with Gasteiger partial charge < -0.3 is 5.73 Å². The third kappa shape index (κ3) is 1.20. The van der Waals surface area contributed by atoms with Crippen molar-refractivity contribution in [1.29, 1.82) is 0 Å². The van der Waals surface area contributed by atoms with Gasteiger partial charge in [0.25, 0.3) is 0 Å². The van der Waals surface area contributed by atoms with Gasteiger partial charge in [-0.25, -0.2) is 0 Å². The summed E-state index contributed by atoms with van der Waals surface area (Å²) in [7, 11) is 1.86. The first kappa shape index (κ1) is 8.80. The zero-order chi connectivity index (χ0) is 9.59. The molecule has 0 radical (unpaired) electrons. The fourth-order valence-electron chi connectivity index (χ4n) is 1.35. The summed E-state index contributed by atoms with van der Waals surface area (Å²) >= 11 is 2.30. The highest BCUT2D eigenvalue weighted by Gasteiger charge is 2.09. The first-order valence-corrected chi connectivity index (χ1v) is 5.06. The predicted molar refractivity (Wildman–Crippen MR) is 62.6 cm³/mol. The van der Waals surface area contributed by atoms with Gasteiger partial charge in [-0.1, -0.05) is 6.07 Å². The molecule has 0 saturated heterocycles. The molecule has 1 aromatic heterocycles. The topological polar surface area (TPSA) is 43.8 Å². The largest absolute Gasteiger partial charge is 0.383 e. The summed E-state index contributed by atoms with van der Waals surface area (Å²) < 4.78 is 2.90. The highest BCUT2D eigenvalue weighted by atomic mass is 127. The Morgan fingerprint density at radius 1 is 1.46 bits per heavy atom. The van der Waals surface area contributed by atoms with Gasteiger partial charge in [0.05, 0.1) is 0 Å². The Hall–Kier alpha value is -0.780. The van der Waals surface area contributed by atoms with Gasteiger partial charge in [-0.15, -0.1) is 0 Å². The van der Waals surface area contributed by atoms with Gasteiger partial charge in [0.15, 0.2) is 0 Å². The number of rotatable bonds is 0. The minimum absolute atomic E-state index is 0.730. The summed E-state index contributed by atoms with van der Waals surface area (Å²) in [5.74, 6) is 0.730. The van der Waals surface area contributed by atoms with Crippen molar-refractivity contribution in [3.8, 4) is 0 Å². The number of benzene rings is 1. The molecule has 0 atom stereocenters. The zero-order valence-corrected chi connectivity index (χ0v) is 9.66. The number of fused-ring (bicyclic) bond motifs is 1. The quantitative estimate of drug-likeness (QED) is 0.754. The van der Waals surface area contributed by atoms with E-state index in [4.69, 9.17) is 5.73 Å². The first-order chi connectivity index (χ1) is 6.11. The number of nitrogens with zero attached hydrogens (tertiary/aromatic N) is 2. The second-order valence-corrected chi connectivity index (χ2v) is 4.18. The van der Waals surface area contributed by atoms with Crippen molar-refractivity contribution in [2.24, 2.45) is 7.05 Å². The van der Waals surface area contributed by atoms with Gasteiger partial charge in [0, 0.05) is 16.0 Å². The van der Waals surface area contributed by atoms with Crippen LogP contribution in [-0.4, -0.2) is 9.78 Å². The Balaban J connectivity index is 2.94. The van der Waals surface area contributed by atoms with Crippen LogP contribution < -0.4 is 5.73 Å². The molecule has 68 valence electrons. The van der Waals surface area contributed by atoms with Crippen LogP contribution in [0.3, 0.4) is 0 Å². The van der Waals surface area contributed by atoms with Crippen LogP contribution in [0.2, 0.25) is 0 Å². The molecular formula is C9H10IN3. The number of aromatic nitrogens is 2. The standard InChI is InChI=1S/C9H10IN3/c1-5-3-4-6-8(7(5)10)12-13(2)9(6)11/h3-4H,11H2,1-2H3. The molecule has 0 unspecified atom stereocenters. The average molecular weight is 287 g/mol. The minimum Gasteiger partial charge on any atom is -0.383 e. The van der Waals surface area contributed by atoms with Gasteiger partial charge in [-0.2, -0.15) is 5.10 Å². The monoisotopic (exact) mass is 287 g/mol. The highest BCUT2D eigenvalue weighted by Crippen LogP contribution is 2.26. The number of nitrogen functional groups attached to an aromatic ring is 1. The van der Waals surface area contributed by atoms with Crippen molar-refractivity contribution in [3.63, 3.8) is 0 Å². The Kier molecular flexibility index (Phi) is 1.94.